The van der Waals surface area contributed by atoms with E-state index in [1.165, 1.54) is 0 Å². The van der Waals surface area contributed by atoms with Crippen molar-refractivity contribution in [2.75, 3.05) is 18.1 Å². The van der Waals surface area contributed by atoms with Crippen molar-refractivity contribution in [3.63, 3.8) is 0 Å². The van der Waals surface area contributed by atoms with Crippen LogP contribution in [0.15, 0.2) is 0 Å². The number of nitrogens with two attached hydrogens (primary N) is 1. The van der Waals surface area contributed by atoms with Crippen molar-refractivity contribution in [2.24, 2.45) is 11.1 Å². The molecule has 0 aromatic heterocycles. The van der Waals surface area contributed by atoms with Gasteiger partial charge in [-0.1, -0.05) is 13.3 Å². The topological polar surface area (TPSA) is 80.4 Å². The summed E-state index contributed by atoms with van der Waals surface area (Å²) in [5.41, 5.74) is 5.36. The van der Waals surface area contributed by atoms with Gasteiger partial charge in [0.05, 0.1) is 11.9 Å². The van der Waals surface area contributed by atoms with Crippen molar-refractivity contribution >= 4 is 9.84 Å². The second-order valence-electron chi connectivity index (χ2n) is 4.88. The number of hydrogen-bond donors (Lipinski definition) is 2. The molecule has 0 aromatic rings. The molecular weight excluding hydrogens is 226 g/mol. The summed E-state index contributed by atoms with van der Waals surface area (Å²) < 4.78 is 23.3. The summed E-state index contributed by atoms with van der Waals surface area (Å²) in [7, 11) is -2.96. The maximum absolute atomic E-state index is 11.6. The van der Waals surface area contributed by atoms with Crippen molar-refractivity contribution in [1.29, 1.82) is 0 Å². The molecule has 0 aromatic carbocycles. The van der Waals surface area contributed by atoms with Crippen molar-refractivity contribution in [2.45, 2.75) is 45.1 Å². The molecule has 2 atom stereocenters. The lowest BCUT2D eigenvalue weighted by Crippen LogP contribution is -2.39. The molecule has 0 bridgehead atoms. The average Bonchev–Trinajstić information content (AvgIpc) is 2.58. The highest BCUT2D eigenvalue weighted by molar-refractivity contribution is 7.91. The molecule has 4 nitrogen and oxygen atoms in total. The summed E-state index contributed by atoms with van der Waals surface area (Å²) in [6.07, 6.45) is 3.30. The first-order chi connectivity index (χ1) is 7.46. The molecule has 0 amide bonds. The van der Waals surface area contributed by atoms with Crippen LogP contribution in [0, 0.1) is 5.41 Å². The zero-order valence-corrected chi connectivity index (χ0v) is 10.8. The van der Waals surface area contributed by atoms with Gasteiger partial charge in [-0.25, -0.2) is 8.42 Å². The Hall–Kier alpha value is -0.130. The molecule has 16 heavy (non-hydrogen) atoms. The van der Waals surface area contributed by atoms with Crippen LogP contribution in [0.4, 0.5) is 0 Å². The highest BCUT2D eigenvalue weighted by Crippen LogP contribution is 2.40. The number of aliphatic hydroxyl groups is 1. The van der Waals surface area contributed by atoms with E-state index in [4.69, 9.17) is 5.73 Å². The smallest absolute Gasteiger partial charge is 0.150 e. The van der Waals surface area contributed by atoms with E-state index in [1.807, 2.05) is 6.92 Å². The first kappa shape index (κ1) is 13.9. The minimum Gasteiger partial charge on any atom is -0.393 e. The molecule has 1 aliphatic carbocycles. The van der Waals surface area contributed by atoms with Crippen molar-refractivity contribution < 1.29 is 13.5 Å². The largest absolute Gasteiger partial charge is 0.393 e. The first-order valence-electron chi connectivity index (χ1n) is 6.04. The lowest BCUT2D eigenvalue weighted by Gasteiger charge is -2.31. The fraction of sp³-hybridized carbons (Fsp3) is 1.00. The van der Waals surface area contributed by atoms with Crippen molar-refractivity contribution in [1.82, 2.24) is 0 Å². The summed E-state index contributed by atoms with van der Waals surface area (Å²) in [6.45, 7) is 2.25. The Morgan fingerprint density at radius 1 is 1.44 bits per heavy atom. The SMILES string of the molecule is CCCS(=O)(=O)CCC1(CN)CCCC1O. The highest BCUT2D eigenvalue weighted by atomic mass is 32.2. The summed E-state index contributed by atoms with van der Waals surface area (Å²) >= 11 is 0. The fourth-order valence-electron chi connectivity index (χ4n) is 2.52. The van der Waals surface area contributed by atoms with Gasteiger partial charge in [0.1, 0.15) is 9.84 Å². The van der Waals surface area contributed by atoms with Gasteiger partial charge < -0.3 is 10.8 Å². The van der Waals surface area contributed by atoms with Crippen molar-refractivity contribution in [3.05, 3.63) is 0 Å². The summed E-state index contributed by atoms with van der Waals surface area (Å²) in [5.74, 6) is 0.402. The fourth-order valence-corrected chi connectivity index (χ4v) is 4.07. The van der Waals surface area contributed by atoms with E-state index in [1.54, 1.807) is 0 Å². The first-order valence-corrected chi connectivity index (χ1v) is 7.86. The van der Waals surface area contributed by atoms with Crippen LogP contribution in [-0.4, -0.2) is 37.7 Å². The monoisotopic (exact) mass is 249 g/mol. The molecule has 1 rings (SSSR count). The summed E-state index contributed by atoms with van der Waals surface area (Å²) in [4.78, 5) is 0. The van der Waals surface area contributed by atoms with Crippen LogP contribution in [0.2, 0.25) is 0 Å². The maximum Gasteiger partial charge on any atom is 0.150 e. The van der Waals surface area contributed by atoms with Crippen LogP contribution in [0.1, 0.15) is 39.0 Å². The Kier molecular flexibility index (Phi) is 4.76. The number of rotatable bonds is 6. The third-order valence-electron chi connectivity index (χ3n) is 3.69. The van der Waals surface area contributed by atoms with E-state index in [2.05, 4.69) is 0 Å². The summed E-state index contributed by atoms with van der Waals surface area (Å²) in [6, 6.07) is 0. The molecule has 96 valence electrons. The van der Waals surface area contributed by atoms with Crippen LogP contribution < -0.4 is 5.73 Å². The molecule has 0 heterocycles. The second kappa shape index (κ2) is 5.47. The quantitative estimate of drug-likeness (QED) is 0.726. The molecule has 0 spiro atoms. The molecule has 0 radical (unpaired) electrons. The van der Waals surface area contributed by atoms with Crippen molar-refractivity contribution in [3.8, 4) is 0 Å². The van der Waals surface area contributed by atoms with Crippen LogP contribution in [0.3, 0.4) is 0 Å². The Balaban J connectivity index is 2.59. The third-order valence-corrected chi connectivity index (χ3v) is 5.55. The van der Waals surface area contributed by atoms with E-state index >= 15 is 0 Å². The Labute approximate surface area is 98.1 Å². The maximum atomic E-state index is 11.6. The van der Waals surface area contributed by atoms with Crippen LogP contribution in [-0.2, 0) is 9.84 Å². The zero-order chi connectivity index (χ0) is 12.2. The van der Waals surface area contributed by atoms with Gasteiger partial charge >= 0.3 is 0 Å². The van der Waals surface area contributed by atoms with Gasteiger partial charge in [0.2, 0.25) is 0 Å². The highest BCUT2D eigenvalue weighted by Gasteiger charge is 2.41. The average molecular weight is 249 g/mol. The van der Waals surface area contributed by atoms with E-state index in [0.717, 1.165) is 19.3 Å². The van der Waals surface area contributed by atoms with Gasteiger partial charge in [-0.2, -0.15) is 0 Å². The minimum absolute atomic E-state index is 0.162. The molecular formula is C11H23NO3S. The van der Waals surface area contributed by atoms with Gasteiger partial charge in [0.25, 0.3) is 0 Å². The molecule has 1 fully saturated rings. The van der Waals surface area contributed by atoms with Gasteiger partial charge in [-0.3, -0.25) is 0 Å². The van der Waals surface area contributed by atoms with Gasteiger partial charge in [0, 0.05) is 17.7 Å². The third kappa shape index (κ3) is 3.18. The molecule has 1 saturated carbocycles. The van der Waals surface area contributed by atoms with E-state index < -0.39 is 15.9 Å². The van der Waals surface area contributed by atoms with E-state index in [0.29, 0.717) is 19.4 Å². The predicted molar refractivity (Wildman–Crippen MR) is 64.9 cm³/mol. The van der Waals surface area contributed by atoms with Crippen LogP contribution in [0.25, 0.3) is 0 Å². The second-order valence-corrected chi connectivity index (χ2v) is 7.18. The van der Waals surface area contributed by atoms with Gasteiger partial charge in [0.15, 0.2) is 0 Å². The lowest BCUT2D eigenvalue weighted by atomic mass is 9.81. The van der Waals surface area contributed by atoms with Crippen LogP contribution in [0.5, 0.6) is 0 Å². The lowest BCUT2D eigenvalue weighted by molar-refractivity contribution is 0.0564. The molecule has 3 N–H and O–H groups in total. The zero-order valence-electron chi connectivity index (χ0n) is 9.98. The van der Waals surface area contributed by atoms with E-state index in [-0.39, 0.29) is 16.9 Å². The van der Waals surface area contributed by atoms with Crippen LogP contribution >= 0.6 is 0 Å². The molecule has 5 heteroatoms. The molecule has 0 saturated heterocycles. The molecule has 2 unspecified atom stereocenters. The standard InChI is InChI=1S/C11H23NO3S/c1-2-7-16(14,15)8-6-11(9-12)5-3-4-10(11)13/h10,13H,2-9,12H2,1H3. The Bertz CT molecular complexity index is 315. The number of hydrogen-bond acceptors (Lipinski definition) is 4. The number of sulfone groups is 1. The summed E-state index contributed by atoms with van der Waals surface area (Å²) in [5, 5.41) is 9.89. The van der Waals surface area contributed by atoms with Gasteiger partial charge in [-0.15, -0.1) is 0 Å². The Morgan fingerprint density at radius 2 is 2.12 bits per heavy atom. The normalized spacial score (nSPS) is 30.8. The van der Waals surface area contributed by atoms with E-state index in [9.17, 15) is 13.5 Å². The molecule has 0 aliphatic heterocycles. The van der Waals surface area contributed by atoms with Gasteiger partial charge in [-0.05, 0) is 25.7 Å². The minimum atomic E-state index is -2.96. The predicted octanol–water partition coefficient (Wildman–Crippen LogP) is 0.691. The molecule has 1 aliphatic rings. The number of aliphatic hydroxyl groups excluding tert-OH is 1. The Morgan fingerprint density at radius 3 is 2.56 bits per heavy atom.